The van der Waals surface area contributed by atoms with Gasteiger partial charge in [0.15, 0.2) is 0 Å². The van der Waals surface area contributed by atoms with Crippen LogP contribution < -0.4 is 4.74 Å². The summed E-state index contributed by atoms with van der Waals surface area (Å²) in [5, 5.41) is 0. The SMILES string of the molecule is Cc1cc(Br)cc(C)c1OC[C@H]1CCCN(C(=O)OC(C)(C)C)C1. The van der Waals surface area contributed by atoms with Gasteiger partial charge in [0.1, 0.15) is 11.4 Å². The number of ether oxygens (including phenoxy) is 2. The van der Waals surface area contributed by atoms with Crippen LogP contribution in [0.2, 0.25) is 0 Å². The first-order chi connectivity index (χ1) is 11.2. The lowest BCUT2D eigenvalue weighted by Crippen LogP contribution is -2.44. The third-order valence-corrected chi connectivity index (χ3v) is 4.52. The van der Waals surface area contributed by atoms with Gasteiger partial charge in [0.25, 0.3) is 0 Å². The maximum absolute atomic E-state index is 12.2. The lowest BCUT2D eigenvalue weighted by atomic mass is 9.99. The molecule has 1 aromatic carbocycles. The van der Waals surface area contributed by atoms with Crippen molar-refractivity contribution in [3.63, 3.8) is 0 Å². The number of piperidine rings is 1. The van der Waals surface area contributed by atoms with Gasteiger partial charge in [-0.05, 0) is 70.7 Å². The molecule has 24 heavy (non-hydrogen) atoms. The molecule has 0 radical (unpaired) electrons. The van der Waals surface area contributed by atoms with Crippen LogP contribution in [0.15, 0.2) is 16.6 Å². The zero-order chi connectivity index (χ0) is 17.9. The molecular weight excluding hydrogens is 370 g/mol. The van der Waals surface area contributed by atoms with Gasteiger partial charge in [0.05, 0.1) is 6.61 Å². The Kier molecular flexibility index (Phi) is 6.18. The third kappa shape index (κ3) is 5.40. The van der Waals surface area contributed by atoms with E-state index in [1.54, 1.807) is 0 Å². The van der Waals surface area contributed by atoms with E-state index in [1.165, 1.54) is 0 Å². The summed E-state index contributed by atoms with van der Waals surface area (Å²) in [5.74, 6) is 1.29. The topological polar surface area (TPSA) is 38.8 Å². The zero-order valence-corrected chi connectivity index (χ0v) is 16.9. The maximum Gasteiger partial charge on any atom is 0.410 e. The molecule has 0 bridgehead atoms. The van der Waals surface area contributed by atoms with E-state index in [0.29, 0.717) is 19.1 Å². The van der Waals surface area contributed by atoms with Crippen molar-refractivity contribution in [2.75, 3.05) is 19.7 Å². The van der Waals surface area contributed by atoms with Gasteiger partial charge in [-0.3, -0.25) is 0 Å². The molecule has 0 N–H and O–H groups in total. The maximum atomic E-state index is 12.2. The summed E-state index contributed by atoms with van der Waals surface area (Å²) in [6.45, 7) is 11.9. The molecule has 1 saturated heterocycles. The Morgan fingerprint density at radius 2 is 1.92 bits per heavy atom. The fourth-order valence-corrected chi connectivity index (χ4v) is 3.71. The Hall–Kier alpha value is -1.23. The highest BCUT2D eigenvalue weighted by Crippen LogP contribution is 2.28. The van der Waals surface area contributed by atoms with Crippen molar-refractivity contribution in [1.29, 1.82) is 0 Å². The number of nitrogens with zero attached hydrogens (tertiary/aromatic N) is 1. The Balaban J connectivity index is 1.93. The van der Waals surface area contributed by atoms with Crippen molar-refractivity contribution in [3.05, 3.63) is 27.7 Å². The monoisotopic (exact) mass is 397 g/mol. The highest BCUT2D eigenvalue weighted by molar-refractivity contribution is 9.10. The predicted octanol–water partition coefficient (Wildman–Crippen LogP) is 5.09. The number of rotatable bonds is 3. The molecule has 0 aliphatic carbocycles. The largest absolute Gasteiger partial charge is 0.493 e. The summed E-state index contributed by atoms with van der Waals surface area (Å²) in [5.41, 5.74) is 1.80. The molecule has 134 valence electrons. The van der Waals surface area contributed by atoms with Gasteiger partial charge in [-0.2, -0.15) is 0 Å². The molecule has 4 nitrogen and oxygen atoms in total. The van der Waals surface area contributed by atoms with E-state index in [2.05, 4.69) is 41.9 Å². The summed E-state index contributed by atoms with van der Waals surface area (Å²) in [4.78, 5) is 14.0. The number of carbonyl (C=O) groups excluding carboxylic acids is 1. The number of hydrogen-bond donors (Lipinski definition) is 0. The standard InChI is InChI=1S/C19H28BrNO3/c1-13-9-16(20)10-14(2)17(13)23-12-15-7-6-8-21(11-15)18(22)24-19(3,4)5/h9-10,15H,6-8,11-12H2,1-5H3/t15-/m0/s1. The van der Waals surface area contributed by atoms with Crippen molar-refractivity contribution < 1.29 is 14.3 Å². The number of aryl methyl sites for hydroxylation is 2. The Bertz CT molecular complexity index is 572. The summed E-state index contributed by atoms with van der Waals surface area (Å²) in [7, 11) is 0. The van der Waals surface area contributed by atoms with Crippen LogP contribution in [-0.2, 0) is 4.74 Å². The molecule has 2 rings (SSSR count). The van der Waals surface area contributed by atoms with Crippen molar-refractivity contribution in [1.82, 2.24) is 4.90 Å². The van der Waals surface area contributed by atoms with E-state index in [9.17, 15) is 4.79 Å². The van der Waals surface area contributed by atoms with E-state index in [4.69, 9.17) is 9.47 Å². The molecular formula is C19H28BrNO3. The minimum absolute atomic E-state index is 0.219. The second kappa shape index (κ2) is 7.77. The van der Waals surface area contributed by atoms with Gasteiger partial charge in [0.2, 0.25) is 0 Å². The second-order valence-corrected chi connectivity index (χ2v) is 8.53. The molecule has 1 fully saturated rings. The molecule has 5 heteroatoms. The average Bonchev–Trinajstić information content (AvgIpc) is 2.44. The summed E-state index contributed by atoms with van der Waals surface area (Å²) in [6.07, 6.45) is 1.85. The third-order valence-electron chi connectivity index (χ3n) is 4.06. The molecule has 1 aliphatic rings. The molecule has 1 heterocycles. The summed E-state index contributed by atoms with van der Waals surface area (Å²) in [6, 6.07) is 4.13. The van der Waals surface area contributed by atoms with Crippen LogP contribution in [0, 0.1) is 19.8 Å². The first-order valence-electron chi connectivity index (χ1n) is 8.53. The molecule has 0 unspecified atom stereocenters. The van der Waals surface area contributed by atoms with E-state index >= 15 is 0 Å². The van der Waals surface area contributed by atoms with E-state index < -0.39 is 5.60 Å². The summed E-state index contributed by atoms with van der Waals surface area (Å²) >= 11 is 3.51. The van der Waals surface area contributed by atoms with E-state index in [1.807, 2.05) is 25.7 Å². The van der Waals surface area contributed by atoms with Crippen LogP contribution in [0.5, 0.6) is 5.75 Å². The van der Waals surface area contributed by atoms with Gasteiger partial charge < -0.3 is 14.4 Å². The van der Waals surface area contributed by atoms with E-state index in [0.717, 1.165) is 40.7 Å². The fraction of sp³-hybridized carbons (Fsp3) is 0.632. The Morgan fingerprint density at radius 3 is 2.50 bits per heavy atom. The molecule has 0 aromatic heterocycles. The number of carbonyl (C=O) groups is 1. The molecule has 1 amide bonds. The zero-order valence-electron chi connectivity index (χ0n) is 15.3. The molecule has 0 spiro atoms. The van der Waals surface area contributed by atoms with Gasteiger partial charge >= 0.3 is 6.09 Å². The van der Waals surface area contributed by atoms with Crippen LogP contribution in [0.1, 0.15) is 44.7 Å². The highest BCUT2D eigenvalue weighted by atomic mass is 79.9. The van der Waals surface area contributed by atoms with Crippen molar-refractivity contribution in [2.45, 2.75) is 53.1 Å². The van der Waals surface area contributed by atoms with Gasteiger partial charge in [-0.1, -0.05) is 15.9 Å². The van der Waals surface area contributed by atoms with Crippen molar-refractivity contribution >= 4 is 22.0 Å². The number of likely N-dealkylation sites (tertiary alicyclic amines) is 1. The fourth-order valence-electron chi connectivity index (χ4n) is 3.02. The predicted molar refractivity (Wildman–Crippen MR) is 99.6 cm³/mol. The van der Waals surface area contributed by atoms with Gasteiger partial charge in [-0.25, -0.2) is 4.79 Å². The minimum Gasteiger partial charge on any atom is -0.493 e. The number of benzene rings is 1. The smallest absolute Gasteiger partial charge is 0.410 e. The summed E-state index contributed by atoms with van der Waals surface area (Å²) < 4.78 is 12.6. The lowest BCUT2D eigenvalue weighted by molar-refractivity contribution is 0.0139. The molecule has 1 aliphatic heterocycles. The van der Waals surface area contributed by atoms with Gasteiger partial charge in [0, 0.05) is 23.5 Å². The van der Waals surface area contributed by atoms with Crippen LogP contribution in [0.3, 0.4) is 0 Å². The number of amides is 1. The molecule has 1 atom stereocenters. The lowest BCUT2D eigenvalue weighted by Gasteiger charge is -2.34. The number of hydrogen-bond acceptors (Lipinski definition) is 3. The van der Waals surface area contributed by atoms with Gasteiger partial charge in [-0.15, -0.1) is 0 Å². The second-order valence-electron chi connectivity index (χ2n) is 7.61. The molecule has 1 aromatic rings. The van der Waals surface area contributed by atoms with Crippen molar-refractivity contribution in [3.8, 4) is 5.75 Å². The van der Waals surface area contributed by atoms with Crippen LogP contribution in [0.25, 0.3) is 0 Å². The Labute approximate surface area is 153 Å². The van der Waals surface area contributed by atoms with Crippen LogP contribution in [0.4, 0.5) is 4.79 Å². The average molecular weight is 398 g/mol. The highest BCUT2D eigenvalue weighted by Gasteiger charge is 2.28. The molecule has 0 saturated carbocycles. The normalized spacial score (nSPS) is 18.4. The first-order valence-corrected chi connectivity index (χ1v) is 9.32. The van der Waals surface area contributed by atoms with Crippen molar-refractivity contribution in [2.24, 2.45) is 5.92 Å². The minimum atomic E-state index is -0.452. The quantitative estimate of drug-likeness (QED) is 0.712. The number of halogens is 1. The van der Waals surface area contributed by atoms with E-state index in [-0.39, 0.29) is 6.09 Å². The first kappa shape index (κ1) is 19.1. The van der Waals surface area contributed by atoms with Crippen LogP contribution in [-0.4, -0.2) is 36.3 Å². The Morgan fingerprint density at radius 1 is 1.29 bits per heavy atom. The van der Waals surface area contributed by atoms with Crippen LogP contribution >= 0.6 is 15.9 Å².